The summed E-state index contributed by atoms with van der Waals surface area (Å²) in [6.45, 7) is 1.66. The van der Waals surface area contributed by atoms with Crippen LogP contribution in [0.4, 0.5) is 10.1 Å². The summed E-state index contributed by atoms with van der Waals surface area (Å²) in [5.74, 6) is -1.29. The number of rotatable bonds is 2. The Morgan fingerprint density at radius 2 is 2.05 bits per heavy atom. The highest BCUT2D eigenvalue weighted by molar-refractivity contribution is 6.05. The van der Waals surface area contributed by atoms with E-state index in [4.69, 9.17) is 4.42 Å². The number of fused-ring (bicyclic) bond motifs is 1. The molecule has 0 aliphatic rings. The maximum atomic E-state index is 13.0. The molecule has 0 saturated carbocycles. The van der Waals surface area contributed by atoms with E-state index < -0.39 is 5.76 Å². The van der Waals surface area contributed by atoms with E-state index in [0.717, 1.165) is 0 Å². The van der Waals surface area contributed by atoms with E-state index in [0.29, 0.717) is 27.9 Å². The fourth-order valence-corrected chi connectivity index (χ4v) is 2.11. The second kappa shape index (κ2) is 4.90. The van der Waals surface area contributed by atoms with Crippen LogP contribution in [0.2, 0.25) is 0 Å². The first kappa shape index (κ1) is 13.1. The number of halogens is 1. The fourth-order valence-electron chi connectivity index (χ4n) is 2.11. The van der Waals surface area contributed by atoms with Crippen molar-refractivity contribution in [3.05, 3.63) is 63.9 Å². The Balaban J connectivity index is 1.90. The number of benzene rings is 2. The van der Waals surface area contributed by atoms with E-state index in [2.05, 4.69) is 10.3 Å². The maximum Gasteiger partial charge on any atom is 0.417 e. The molecule has 2 aromatic carbocycles. The first-order chi connectivity index (χ1) is 10.0. The van der Waals surface area contributed by atoms with Gasteiger partial charge in [-0.3, -0.25) is 9.78 Å². The highest BCUT2D eigenvalue weighted by atomic mass is 19.1. The Morgan fingerprint density at radius 3 is 2.81 bits per heavy atom. The standard InChI is InChI=1S/C15H11FN2O3/c1-8-6-9(16)2-4-11(8)14(19)17-10-3-5-13-12(7-10)18-15(20)21-13/h2-7H,1H3,(H,17,19)(H,18,20). The molecule has 0 aliphatic carbocycles. The third-order valence-corrected chi connectivity index (χ3v) is 3.11. The molecular formula is C15H11FN2O3. The number of aryl methyl sites for hydroxylation is 1. The Labute approximate surface area is 118 Å². The van der Waals surface area contributed by atoms with Crippen molar-refractivity contribution in [2.75, 3.05) is 5.32 Å². The van der Waals surface area contributed by atoms with Gasteiger partial charge in [-0.15, -0.1) is 0 Å². The molecule has 1 amide bonds. The molecule has 2 N–H and O–H groups in total. The first-order valence-electron chi connectivity index (χ1n) is 6.23. The summed E-state index contributed by atoms with van der Waals surface area (Å²) in [4.78, 5) is 25.7. The molecule has 0 unspecified atom stereocenters. The molecule has 0 radical (unpaired) electrons. The van der Waals surface area contributed by atoms with Crippen LogP contribution < -0.4 is 11.1 Å². The zero-order chi connectivity index (χ0) is 15.0. The van der Waals surface area contributed by atoms with Gasteiger partial charge in [0.25, 0.3) is 5.91 Å². The summed E-state index contributed by atoms with van der Waals surface area (Å²) in [5, 5.41) is 2.69. The molecule has 3 rings (SSSR count). The Bertz CT molecular complexity index is 895. The molecular weight excluding hydrogens is 275 g/mol. The van der Waals surface area contributed by atoms with Crippen molar-refractivity contribution < 1.29 is 13.6 Å². The average molecular weight is 286 g/mol. The number of aromatic amines is 1. The third kappa shape index (κ3) is 2.55. The minimum absolute atomic E-state index is 0.349. The zero-order valence-electron chi connectivity index (χ0n) is 11.1. The number of carbonyl (C=O) groups is 1. The van der Waals surface area contributed by atoms with Crippen LogP contribution in [-0.2, 0) is 0 Å². The lowest BCUT2D eigenvalue weighted by Gasteiger charge is -2.07. The van der Waals surface area contributed by atoms with Crippen LogP contribution in [0.1, 0.15) is 15.9 Å². The van der Waals surface area contributed by atoms with E-state index >= 15 is 0 Å². The van der Waals surface area contributed by atoms with Crippen LogP contribution in [0.5, 0.6) is 0 Å². The van der Waals surface area contributed by atoms with Gasteiger partial charge in [-0.2, -0.15) is 0 Å². The summed E-state index contributed by atoms with van der Waals surface area (Å²) in [5.41, 5.74) is 2.35. The molecule has 0 fully saturated rings. The topological polar surface area (TPSA) is 75.1 Å². The summed E-state index contributed by atoms with van der Waals surface area (Å²) in [6, 6.07) is 8.76. The monoisotopic (exact) mass is 286 g/mol. The molecule has 0 spiro atoms. The van der Waals surface area contributed by atoms with Crippen LogP contribution in [-0.4, -0.2) is 10.9 Å². The number of nitrogens with one attached hydrogen (secondary N) is 2. The number of amides is 1. The molecule has 0 atom stereocenters. The van der Waals surface area contributed by atoms with Crippen LogP contribution in [0.15, 0.2) is 45.6 Å². The quantitative estimate of drug-likeness (QED) is 0.760. The van der Waals surface area contributed by atoms with Crippen LogP contribution in [0.3, 0.4) is 0 Å². The van der Waals surface area contributed by atoms with Crippen LogP contribution in [0, 0.1) is 12.7 Å². The van der Waals surface area contributed by atoms with Gasteiger partial charge in [0, 0.05) is 11.3 Å². The van der Waals surface area contributed by atoms with Crippen molar-refractivity contribution in [1.29, 1.82) is 0 Å². The zero-order valence-corrected chi connectivity index (χ0v) is 11.1. The van der Waals surface area contributed by atoms with Gasteiger partial charge in [-0.05, 0) is 48.9 Å². The lowest BCUT2D eigenvalue weighted by molar-refractivity contribution is 0.102. The van der Waals surface area contributed by atoms with E-state index in [1.54, 1.807) is 25.1 Å². The van der Waals surface area contributed by atoms with Crippen molar-refractivity contribution in [3.8, 4) is 0 Å². The van der Waals surface area contributed by atoms with Crippen molar-refractivity contribution >= 4 is 22.7 Å². The molecule has 0 bridgehead atoms. The van der Waals surface area contributed by atoms with Gasteiger partial charge >= 0.3 is 5.76 Å². The minimum atomic E-state index is -0.553. The van der Waals surface area contributed by atoms with Gasteiger partial charge in [0.05, 0.1) is 5.52 Å². The summed E-state index contributed by atoms with van der Waals surface area (Å²) in [7, 11) is 0. The lowest BCUT2D eigenvalue weighted by atomic mass is 10.1. The first-order valence-corrected chi connectivity index (χ1v) is 6.23. The Kier molecular flexibility index (Phi) is 3.06. The number of carbonyl (C=O) groups excluding carboxylic acids is 1. The Hall–Kier alpha value is -2.89. The molecule has 1 aromatic heterocycles. The normalized spacial score (nSPS) is 10.8. The summed E-state index contributed by atoms with van der Waals surface area (Å²) in [6.07, 6.45) is 0. The van der Waals surface area contributed by atoms with Crippen LogP contribution >= 0.6 is 0 Å². The van der Waals surface area contributed by atoms with Crippen molar-refractivity contribution in [2.24, 2.45) is 0 Å². The predicted octanol–water partition coefficient (Wildman–Crippen LogP) is 2.82. The molecule has 0 aliphatic heterocycles. The SMILES string of the molecule is Cc1cc(F)ccc1C(=O)Nc1ccc2oc(=O)[nH]c2c1. The van der Waals surface area contributed by atoms with E-state index in [-0.39, 0.29) is 11.7 Å². The number of hydrogen-bond donors (Lipinski definition) is 2. The van der Waals surface area contributed by atoms with Crippen molar-refractivity contribution in [2.45, 2.75) is 6.92 Å². The van der Waals surface area contributed by atoms with Gasteiger partial charge in [0.15, 0.2) is 5.58 Å². The second-order valence-corrected chi connectivity index (χ2v) is 4.64. The summed E-state index contributed by atoms with van der Waals surface area (Å²) < 4.78 is 17.9. The smallest absolute Gasteiger partial charge is 0.408 e. The van der Waals surface area contributed by atoms with E-state index in [9.17, 15) is 14.0 Å². The van der Waals surface area contributed by atoms with Gasteiger partial charge in [0.1, 0.15) is 5.82 Å². The van der Waals surface area contributed by atoms with Gasteiger partial charge < -0.3 is 9.73 Å². The number of oxazole rings is 1. The molecule has 1 heterocycles. The predicted molar refractivity (Wildman–Crippen MR) is 75.9 cm³/mol. The highest BCUT2D eigenvalue weighted by Crippen LogP contribution is 2.18. The van der Waals surface area contributed by atoms with Crippen molar-refractivity contribution in [3.63, 3.8) is 0 Å². The average Bonchev–Trinajstić information content (AvgIpc) is 2.77. The number of anilines is 1. The van der Waals surface area contributed by atoms with Gasteiger partial charge in [-0.25, -0.2) is 9.18 Å². The van der Waals surface area contributed by atoms with Gasteiger partial charge in [0.2, 0.25) is 0 Å². The number of hydrogen-bond acceptors (Lipinski definition) is 3. The third-order valence-electron chi connectivity index (χ3n) is 3.11. The maximum absolute atomic E-state index is 13.0. The largest absolute Gasteiger partial charge is 0.417 e. The molecule has 0 saturated heterocycles. The molecule has 21 heavy (non-hydrogen) atoms. The van der Waals surface area contributed by atoms with Gasteiger partial charge in [-0.1, -0.05) is 0 Å². The van der Waals surface area contributed by atoms with E-state index in [1.807, 2.05) is 0 Å². The lowest BCUT2D eigenvalue weighted by Crippen LogP contribution is -2.13. The van der Waals surface area contributed by atoms with Crippen molar-refractivity contribution in [1.82, 2.24) is 4.98 Å². The molecule has 6 heteroatoms. The molecule has 5 nitrogen and oxygen atoms in total. The van der Waals surface area contributed by atoms with E-state index in [1.165, 1.54) is 18.2 Å². The second-order valence-electron chi connectivity index (χ2n) is 4.64. The number of aromatic nitrogens is 1. The van der Waals surface area contributed by atoms with Crippen LogP contribution in [0.25, 0.3) is 11.1 Å². The Morgan fingerprint density at radius 1 is 1.24 bits per heavy atom. The highest BCUT2D eigenvalue weighted by Gasteiger charge is 2.11. The fraction of sp³-hybridized carbons (Fsp3) is 0.0667. The molecule has 106 valence electrons. The molecule has 3 aromatic rings. The minimum Gasteiger partial charge on any atom is -0.408 e. The number of H-pyrrole nitrogens is 1. The summed E-state index contributed by atoms with van der Waals surface area (Å²) >= 11 is 0.